The minimum atomic E-state index is -4.25. The molecular weight excluding hydrogens is 549 g/mol. The maximum absolute atomic E-state index is 13.8. The Labute approximate surface area is 229 Å². The van der Waals surface area contributed by atoms with E-state index >= 15 is 0 Å². The molecule has 196 valence electrons. The normalized spacial score (nSPS) is 12.2. The number of sulfonamides is 1. The molecule has 3 aromatic heterocycles. The second kappa shape index (κ2) is 9.61. The van der Waals surface area contributed by atoms with Crippen LogP contribution >= 0.6 is 23.2 Å². The number of rotatable bonds is 6. The number of imidazole rings is 1. The van der Waals surface area contributed by atoms with Gasteiger partial charge in [-0.25, -0.2) is 18.4 Å². The highest BCUT2D eigenvalue weighted by atomic mass is 35.5. The van der Waals surface area contributed by atoms with Gasteiger partial charge in [-0.05, 0) is 63.2 Å². The van der Waals surface area contributed by atoms with E-state index in [2.05, 4.69) is 9.97 Å². The van der Waals surface area contributed by atoms with Crippen LogP contribution in [0.15, 0.2) is 78.3 Å². The maximum Gasteiger partial charge on any atom is 0.327 e. The van der Waals surface area contributed by atoms with Gasteiger partial charge in [-0.15, -0.1) is 0 Å². The van der Waals surface area contributed by atoms with E-state index in [1.54, 1.807) is 51.4 Å². The molecule has 0 unspecified atom stereocenters. The van der Waals surface area contributed by atoms with Crippen LogP contribution in [-0.4, -0.2) is 45.5 Å². The summed E-state index contributed by atoms with van der Waals surface area (Å²) >= 11 is 12.2. The van der Waals surface area contributed by atoms with Crippen LogP contribution in [0.5, 0.6) is 0 Å². The van der Waals surface area contributed by atoms with Crippen LogP contribution in [0, 0.1) is 0 Å². The molecule has 0 spiro atoms. The Morgan fingerprint density at radius 1 is 1.03 bits per heavy atom. The van der Waals surface area contributed by atoms with Gasteiger partial charge in [0.15, 0.2) is 11.5 Å². The SMILES string of the molecule is CC(C)(C)OC(=O)CN(c1ccc2c(ccn2-c2cn3ccnc3cn2)c1)S(=O)(=O)c1cc(Cl)cc(Cl)c1. The lowest BCUT2D eigenvalue weighted by Gasteiger charge is -2.26. The van der Waals surface area contributed by atoms with E-state index in [1.807, 2.05) is 33.6 Å². The number of aromatic nitrogens is 4. The third-order valence-electron chi connectivity index (χ3n) is 5.59. The fraction of sp³-hybridized carbons (Fsp3) is 0.192. The Morgan fingerprint density at radius 2 is 1.76 bits per heavy atom. The summed E-state index contributed by atoms with van der Waals surface area (Å²) in [6.07, 6.45) is 8.86. The van der Waals surface area contributed by atoms with Crippen LogP contribution in [0.3, 0.4) is 0 Å². The monoisotopic (exact) mass is 571 g/mol. The highest BCUT2D eigenvalue weighted by molar-refractivity contribution is 7.92. The van der Waals surface area contributed by atoms with Crippen molar-refractivity contribution in [1.82, 2.24) is 18.9 Å². The number of nitrogens with zero attached hydrogens (tertiary/aromatic N) is 5. The molecule has 0 aliphatic heterocycles. The van der Waals surface area contributed by atoms with Crippen LogP contribution in [0.1, 0.15) is 20.8 Å². The highest BCUT2D eigenvalue weighted by Gasteiger charge is 2.30. The van der Waals surface area contributed by atoms with E-state index in [1.165, 1.54) is 18.2 Å². The van der Waals surface area contributed by atoms with Crippen molar-refractivity contribution in [2.24, 2.45) is 0 Å². The van der Waals surface area contributed by atoms with E-state index in [4.69, 9.17) is 27.9 Å². The van der Waals surface area contributed by atoms with Crippen LogP contribution < -0.4 is 4.31 Å². The first kappa shape index (κ1) is 26.0. The lowest BCUT2D eigenvalue weighted by atomic mass is 10.2. The first-order chi connectivity index (χ1) is 17.9. The number of hydrogen-bond donors (Lipinski definition) is 0. The van der Waals surface area contributed by atoms with E-state index in [9.17, 15) is 13.2 Å². The molecule has 0 saturated heterocycles. The van der Waals surface area contributed by atoms with Gasteiger partial charge >= 0.3 is 5.97 Å². The lowest BCUT2D eigenvalue weighted by Crippen LogP contribution is -2.39. The highest BCUT2D eigenvalue weighted by Crippen LogP contribution is 2.31. The van der Waals surface area contributed by atoms with Crippen molar-refractivity contribution in [2.45, 2.75) is 31.3 Å². The molecule has 0 amide bonds. The summed E-state index contributed by atoms with van der Waals surface area (Å²) in [5.74, 6) is -0.0465. The molecule has 3 heterocycles. The fourth-order valence-corrected chi connectivity index (χ4v) is 6.16. The Bertz CT molecular complexity index is 1770. The molecule has 5 rings (SSSR count). The van der Waals surface area contributed by atoms with Gasteiger partial charge in [0.25, 0.3) is 10.0 Å². The number of halogens is 2. The molecule has 5 aromatic rings. The average Bonchev–Trinajstić information content (AvgIpc) is 3.46. The van der Waals surface area contributed by atoms with Gasteiger partial charge in [0, 0.05) is 34.0 Å². The maximum atomic E-state index is 13.8. The van der Waals surface area contributed by atoms with Crippen LogP contribution in [0.4, 0.5) is 5.69 Å². The average molecular weight is 572 g/mol. The summed E-state index contributed by atoms with van der Waals surface area (Å²) in [6, 6.07) is 10.9. The van der Waals surface area contributed by atoms with E-state index in [0.29, 0.717) is 5.82 Å². The van der Waals surface area contributed by atoms with Crippen LogP contribution in [0.25, 0.3) is 22.4 Å². The van der Waals surface area contributed by atoms with Crippen LogP contribution in [0.2, 0.25) is 10.0 Å². The number of ether oxygens (including phenoxy) is 1. The molecule has 0 bridgehead atoms. The number of fused-ring (bicyclic) bond motifs is 2. The Kier molecular flexibility index (Phi) is 6.58. The molecule has 0 fully saturated rings. The molecule has 0 radical (unpaired) electrons. The predicted octanol–water partition coefficient (Wildman–Crippen LogP) is 5.52. The number of carbonyl (C=O) groups excluding carboxylic acids is 1. The molecule has 0 aliphatic carbocycles. The van der Waals surface area contributed by atoms with Gasteiger partial charge < -0.3 is 9.14 Å². The molecule has 38 heavy (non-hydrogen) atoms. The zero-order valence-corrected chi connectivity index (χ0v) is 23.0. The van der Waals surface area contributed by atoms with Crippen LogP contribution in [-0.2, 0) is 19.6 Å². The lowest BCUT2D eigenvalue weighted by molar-refractivity contribution is -0.152. The fourth-order valence-electron chi connectivity index (χ4n) is 4.04. The van der Waals surface area contributed by atoms with Crippen molar-refractivity contribution in [3.8, 4) is 5.82 Å². The smallest absolute Gasteiger partial charge is 0.327 e. The standard InChI is InChI=1S/C26H23Cl2N5O4S/c1-26(2,3)37-25(34)16-33(38(35,36)21-12-18(27)11-19(28)13-21)20-4-5-22-17(10-20)6-8-32(22)24-15-31-9-7-29-23(31)14-30-24/h4-15H,16H2,1-3H3. The minimum absolute atomic E-state index is 0.144. The van der Waals surface area contributed by atoms with Crippen molar-refractivity contribution in [2.75, 3.05) is 10.8 Å². The van der Waals surface area contributed by atoms with Crippen molar-refractivity contribution < 1.29 is 17.9 Å². The van der Waals surface area contributed by atoms with Gasteiger partial charge in [0.2, 0.25) is 0 Å². The van der Waals surface area contributed by atoms with Gasteiger partial charge in [0.05, 0.1) is 28.5 Å². The summed E-state index contributed by atoms with van der Waals surface area (Å²) in [6.45, 7) is 4.59. The van der Waals surface area contributed by atoms with Gasteiger partial charge in [-0.3, -0.25) is 13.7 Å². The van der Waals surface area contributed by atoms with Crippen molar-refractivity contribution >= 4 is 61.4 Å². The molecule has 2 aromatic carbocycles. The number of hydrogen-bond acceptors (Lipinski definition) is 6. The third-order valence-corrected chi connectivity index (χ3v) is 7.78. The first-order valence-corrected chi connectivity index (χ1v) is 13.7. The topological polar surface area (TPSA) is 98.8 Å². The molecule has 12 heteroatoms. The van der Waals surface area contributed by atoms with Gasteiger partial charge in [-0.1, -0.05) is 23.2 Å². The minimum Gasteiger partial charge on any atom is -0.459 e. The Hall–Kier alpha value is -3.60. The molecule has 9 nitrogen and oxygen atoms in total. The number of benzene rings is 2. The second-order valence-corrected chi connectivity index (χ2v) is 12.3. The predicted molar refractivity (Wildman–Crippen MR) is 147 cm³/mol. The Balaban J connectivity index is 1.58. The van der Waals surface area contributed by atoms with E-state index in [-0.39, 0.29) is 20.6 Å². The molecular formula is C26H23Cl2N5O4S. The molecule has 0 aliphatic rings. The number of anilines is 1. The summed E-state index contributed by atoms with van der Waals surface area (Å²) < 4.78 is 37.7. The van der Waals surface area contributed by atoms with E-state index in [0.717, 1.165) is 20.9 Å². The Morgan fingerprint density at radius 3 is 2.47 bits per heavy atom. The van der Waals surface area contributed by atoms with Gasteiger partial charge in [0.1, 0.15) is 12.1 Å². The summed E-state index contributed by atoms with van der Waals surface area (Å²) in [7, 11) is -4.25. The summed E-state index contributed by atoms with van der Waals surface area (Å²) in [5.41, 5.74) is 0.990. The van der Waals surface area contributed by atoms with E-state index < -0.39 is 28.1 Å². The molecule has 0 N–H and O–H groups in total. The largest absolute Gasteiger partial charge is 0.459 e. The summed E-state index contributed by atoms with van der Waals surface area (Å²) in [5, 5.41) is 1.05. The van der Waals surface area contributed by atoms with Crippen molar-refractivity contribution in [3.05, 3.63) is 83.5 Å². The molecule has 0 atom stereocenters. The zero-order valence-electron chi connectivity index (χ0n) is 20.7. The van der Waals surface area contributed by atoms with Crippen molar-refractivity contribution in [3.63, 3.8) is 0 Å². The first-order valence-electron chi connectivity index (χ1n) is 11.5. The zero-order chi connectivity index (χ0) is 27.2. The summed E-state index contributed by atoms with van der Waals surface area (Å²) in [4.78, 5) is 21.3. The molecule has 0 saturated carbocycles. The number of carbonyl (C=O) groups is 1. The quantitative estimate of drug-likeness (QED) is 0.249. The second-order valence-electron chi connectivity index (χ2n) is 9.57. The third kappa shape index (κ3) is 5.20. The van der Waals surface area contributed by atoms with Gasteiger partial charge in [-0.2, -0.15) is 0 Å². The van der Waals surface area contributed by atoms with Crippen molar-refractivity contribution in [1.29, 1.82) is 0 Å². The number of esters is 1.